The molecule has 0 aromatic carbocycles. The molecule has 0 radical (unpaired) electrons. The smallest absolute Gasteiger partial charge is 0.273 e. The zero-order chi connectivity index (χ0) is 13.1. The summed E-state index contributed by atoms with van der Waals surface area (Å²) in [7, 11) is 1.72. The van der Waals surface area contributed by atoms with Crippen molar-refractivity contribution in [1.29, 1.82) is 0 Å². The second-order valence-electron chi connectivity index (χ2n) is 4.12. The van der Waals surface area contributed by atoms with Gasteiger partial charge in [0.15, 0.2) is 0 Å². The standard InChI is InChI=1S/C11H15N5O2/c1-15-4-5-16(7-10(15)17)11(18)9-6-8(14-12)2-3-13-9/h2-3,6H,4-5,7,12H2,1H3,(H,13,14). The van der Waals surface area contributed by atoms with E-state index in [0.717, 1.165) is 0 Å². The number of carbonyl (C=O) groups is 2. The van der Waals surface area contributed by atoms with Gasteiger partial charge in [0.25, 0.3) is 5.91 Å². The first kappa shape index (κ1) is 12.3. The van der Waals surface area contributed by atoms with Gasteiger partial charge in [0.1, 0.15) is 12.2 Å². The minimum atomic E-state index is -0.256. The van der Waals surface area contributed by atoms with E-state index in [1.54, 1.807) is 24.1 Å². The molecule has 3 N–H and O–H groups in total. The average molecular weight is 249 g/mol. The van der Waals surface area contributed by atoms with Crippen LogP contribution in [0.2, 0.25) is 0 Å². The molecule has 1 saturated heterocycles. The molecule has 0 bridgehead atoms. The highest BCUT2D eigenvalue weighted by atomic mass is 16.2. The molecule has 0 atom stereocenters. The summed E-state index contributed by atoms with van der Waals surface area (Å²) in [5, 5.41) is 0. The number of anilines is 1. The van der Waals surface area contributed by atoms with Crippen molar-refractivity contribution in [3.8, 4) is 0 Å². The molecule has 96 valence electrons. The maximum absolute atomic E-state index is 12.1. The van der Waals surface area contributed by atoms with Gasteiger partial charge in [-0.3, -0.25) is 20.4 Å². The van der Waals surface area contributed by atoms with Crippen molar-refractivity contribution in [2.75, 3.05) is 32.1 Å². The van der Waals surface area contributed by atoms with Crippen molar-refractivity contribution in [3.63, 3.8) is 0 Å². The fraction of sp³-hybridized carbons (Fsp3) is 0.364. The lowest BCUT2D eigenvalue weighted by molar-refractivity contribution is -0.133. The summed E-state index contributed by atoms with van der Waals surface area (Å²) in [5.41, 5.74) is 3.34. The first-order valence-corrected chi connectivity index (χ1v) is 5.57. The Bertz CT molecular complexity index is 476. The van der Waals surface area contributed by atoms with Crippen molar-refractivity contribution in [1.82, 2.24) is 14.8 Å². The molecule has 2 amide bonds. The molecule has 1 aliphatic heterocycles. The molecule has 0 aliphatic carbocycles. The largest absolute Gasteiger partial charge is 0.342 e. The van der Waals surface area contributed by atoms with Crippen molar-refractivity contribution in [2.24, 2.45) is 5.84 Å². The van der Waals surface area contributed by atoms with Gasteiger partial charge in [-0.1, -0.05) is 0 Å². The number of hydrogen-bond donors (Lipinski definition) is 2. The van der Waals surface area contributed by atoms with Crippen molar-refractivity contribution in [3.05, 3.63) is 24.0 Å². The van der Waals surface area contributed by atoms with Gasteiger partial charge >= 0.3 is 0 Å². The number of pyridine rings is 1. The van der Waals surface area contributed by atoms with Gasteiger partial charge in [0.2, 0.25) is 5.91 Å². The number of hydrogen-bond acceptors (Lipinski definition) is 5. The number of hydrazine groups is 1. The van der Waals surface area contributed by atoms with Crippen LogP contribution in [0.3, 0.4) is 0 Å². The highest BCUT2D eigenvalue weighted by Gasteiger charge is 2.26. The lowest BCUT2D eigenvalue weighted by Crippen LogP contribution is -2.50. The summed E-state index contributed by atoms with van der Waals surface area (Å²) < 4.78 is 0. The normalized spacial score (nSPS) is 15.8. The Balaban J connectivity index is 2.13. The highest BCUT2D eigenvalue weighted by molar-refractivity contribution is 5.96. The van der Waals surface area contributed by atoms with E-state index in [0.29, 0.717) is 18.8 Å². The Kier molecular flexibility index (Phi) is 3.42. The van der Waals surface area contributed by atoms with Crippen LogP contribution in [-0.2, 0) is 4.79 Å². The lowest BCUT2D eigenvalue weighted by atomic mass is 10.2. The number of nitrogens with two attached hydrogens (primary N) is 1. The second kappa shape index (κ2) is 5.01. The molecule has 1 aromatic rings. The summed E-state index contributed by atoms with van der Waals surface area (Å²) in [4.78, 5) is 30.8. The molecule has 1 aromatic heterocycles. The van der Waals surface area contributed by atoms with E-state index < -0.39 is 0 Å². The van der Waals surface area contributed by atoms with E-state index in [2.05, 4.69) is 10.4 Å². The summed E-state index contributed by atoms with van der Waals surface area (Å²) in [6.07, 6.45) is 1.50. The number of amides is 2. The number of nitrogen functional groups attached to an aromatic ring is 1. The average Bonchev–Trinajstić information content (AvgIpc) is 2.41. The Morgan fingerprint density at radius 3 is 2.94 bits per heavy atom. The van der Waals surface area contributed by atoms with Crippen molar-refractivity contribution < 1.29 is 9.59 Å². The topological polar surface area (TPSA) is 91.6 Å². The first-order chi connectivity index (χ1) is 8.61. The fourth-order valence-electron chi connectivity index (χ4n) is 1.73. The van der Waals surface area contributed by atoms with Crippen LogP contribution in [0.1, 0.15) is 10.5 Å². The number of piperazine rings is 1. The minimum Gasteiger partial charge on any atom is -0.342 e. The summed E-state index contributed by atoms with van der Waals surface area (Å²) in [6, 6.07) is 3.22. The number of carbonyl (C=O) groups excluding carboxylic acids is 2. The van der Waals surface area contributed by atoms with Gasteiger partial charge in [-0.05, 0) is 12.1 Å². The predicted octanol–water partition coefficient (Wildman–Crippen LogP) is -0.719. The van der Waals surface area contributed by atoms with Gasteiger partial charge in [-0.15, -0.1) is 0 Å². The van der Waals surface area contributed by atoms with E-state index in [1.165, 1.54) is 11.1 Å². The van der Waals surface area contributed by atoms with E-state index >= 15 is 0 Å². The number of nitrogens with one attached hydrogen (secondary N) is 1. The molecule has 1 aliphatic rings. The van der Waals surface area contributed by atoms with Gasteiger partial charge in [0, 0.05) is 26.3 Å². The molecule has 0 saturated carbocycles. The summed E-state index contributed by atoms with van der Waals surface area (Å²) in [6.45, 7) is 1.15. The summed E-state index contributed by atoms with van der Waals surface area (Å²) in [5.74, 6) is 4.95. The SMILES string of the molecule is CN1CCN(C(=O)c2cc(NN)ccn2)CC1=O. The minimum absolute atomic E-state index is 0.0669. The molecule has 18 heavy (non-hydrogen) atoms. The van der Waals surface area contributed by atoms with Crippen molar-refractivity contribution >= 4 is 17.5 Å². The first-order valence-electron chi connectivity index (χ1n) is 5.57. The van der Waals surface area contributed by atoms with Gasteiger partial charge < -0.3 is 15.2 Å². The fourth-order valence-corrected chi connectivity index (χ4v) is 1.73. The molecule has 7 heteroatoms. The molecule has 0 spiro atoms. The number of rotatable bonds is 2. The maximum Gasteiger partial charge on any atom is 0.273 e. The highest BCUT2D eigenvalue weighted by Crippen LogP contribution is 2.10. The van der Waals surface area contributed by atoms with Gasteiger partial charge in [-0.25, -0.2) is 0 Å². The summed E-state index contributed by atoms with van der Waals surface area (Å²) >= 11 is 0. The quantitative estimate of drug-likeness (QED) is 0.533. The van der Waals surface area contributed by atoms with E-state index in [1.807, 2.05) is 0 Å². The number of nitrogens with zero attached hydrogens (tertiary/aromatic N) is 3. The molecule has 7 nitrogen and oxygen atoms in total. The maximum atomic E-state index is 12.1. The van der Waals surface area contributed by atoms with E-state index in [9.17, 15) is 9.59 Å². The van der Waals surface area contributed by atoms with Gasteiger partial charge in [-0.2, -0.15) is 0 Å². The molecular formula is C11H15N5O2. The zero-order valence-corrected chi connectivity index (χ0v) is 10.1. The van der Waals surface area contributed by atoms with Crippen LogP contribution in [0.15, 0.2) is 18.3 Å². The second-order valence-corrected chi connectivity index (χ2v) is 4.12. The Morgan fingerprint density at radius 1 is 1.50 bits per heavy atom. The van der Waals surface area contributed by atoms with Crippen LogP contribution in [0.25, 0.3) is 0 Å². The molecule has 0 unspecified atom stereocenters. The van der Waals surface area contributed by atoms with Crippen LogP contribution in [-0.4, -0.2) is 53.3 Å². The van der Waals surface area contributed by atoms with Gasteiger partial charge in [0.05, 0.1) is 5.69 Å². The van der Waals surface area contributed by atoms with E-state index in [-0.39, 0.29) is 24.1 Å². The van der Waals surface area contributed by atoms with E-state index in [4.69, 9.17) is 5.84 Å². The number of aromatic nitrogens is 1. The third-order valence-corrected chi connectivity index (χ3v) is 2.89. The third-order valence-electron chi connectivity index (χ3n) is 2.89. The molecular weight excluding hydrogens is 234 g/mol. The predicted molar refractivity (Wildman–Crippen MR) is 65.6 cm³/mol. The number of likely N-dealkylation sites (N-methyl/N-ethyl adjacent to an activating group) is 1. The van der Waals surface area contributed by atoms with Crippen LogP contribution >= 0.6 is 0 Å². The van der Waals surface area contributed by atoms with Crippen molar-refractivity contribution in [2.45, 2.75) is 0 Å². The Hall–Kier alpha value is -2.15. The Labute approximate surface area is 105 Å². The lowest BCUT2D eigenvalue weighted by Gasteiger charge is -2.31. The third kappa shape index (κ3) is 2.40. The molecule has 2 heterocycles. The van der Waals surface area contributed by atoms with Crippen LogP contribution < -0.4 is 11.3 Å². The van der Waals surface area contributed by atoms with Crippen LogP contribution in [0.4, 0.5) is 5.69 Å². The molecule has 2 rings (SSSR count). The monoisotopic (exact) mass is 249 g/mol. The van der Waals surface area contributed by atoms with Crippen LogP contribution in [0, 0.1) is 0 Å². The Morgan fingerprint density at radius 2 is 2.28 bits per heavy atom. The van der Waals surface area contributed by atoms with Crippen LogP contribution in [0.5, 0.6) is 0 Å². The zero-order valence-electron chi connectivity index (χ0n) is 10.1. The molecule has 1 fully saturated rings.